The highest BCUT2D eigenvalue weighted by Crippen LogP contribution is 2.30. The Bertz CT molecular complexity index is 632. The number of halogens is 3. The van der Waals surface area contributed by atoms with Gasteiger partial charge < -0.3 is 20.8 Å². The first-order chi connectivity index (χ1) is 10.4. The topological polar surface area (TPSA) is 90.3 Å². The van der Waals surface area contributed by atoms with Crippen molar-refractivity contribution in [2.24, 2.45) is 0 Å². The number of phenolic OH excluding ortho intramolecular Hbond substituents is 1. The lowest BCUT2D eigenvalue weighted by molar-refractivity contribution is -0.141. The van der Waals surface area contributed by atoms with E-state index in [1.807, 2.05) is 0 Å². The number of aliphatic hydroxyl groups is 1. The lowest BCUT2D eigenvalue weighted by Crippen LogP contribution is -2.15. The first kappa shape index (κ1) is 15.8. The first-order valence-electron chi connectivity index (χ1n) is 6.25. The summed E-state index contributed by atoms with van der Waals surface area (Å²) in [5, 5.41) is 23.1. The fraction of sp³-hybridized carbons (Fsp3) is 0.231. The van der Waals surface area contributed by atoms with E-state index < -0.39 is 11.9 Å². The Kier molecular flexibility index (Phi) is 4.66. The summed E-state index contributed by atoms with van der Waals surface area (Å²) in [6, 6.07) is 6.53. The summed E-state index contributed by atoms with van der Waals surface area (Å²) < 4.78 is 38.5. The summed E-state index contributed by atoms with van der Waals surface area (Å²) in [6.07, 6.45) is -4.62. The molecular weight excluding hydrogens is 301 g/mol. The van der Waals surface area contributed by atoms with Crippen LogP contribution in [0.15, 0.2) is 30.3 Å². The van der Waals surface area contributed by atoms with Crippen LogP contribution in [0.1, 0.15) is 5.69 Å². The lowest BCUT2D eigenvalue weighted by atomic mass is 10.3. The maximum Gasteiger partial charge on any atom is 0.433 e. The summed E-state index contributed by atoms with van der Waals surface area (Å²) in [7, 11) is 0. The molecular formula is C13H13F3N4O2. The van der Waals surface area contributed by atoms with Crippen LogP contribution in [0.5, 0.6) is 5.75 Å². The Morgan fingerprint density at radius 1 is 1.09 bits per heavy atom. The number of rotatable bonds is 5. The molecule has 0 atom stereocenters. The molecule has 1 aromatic heterocycles. The molecule has 0 saturated carbocycles. The monoisotopic (exact) mass is 314 g/mol. The number of benzene rings is 1. The molecule has 0 amide bonds. The van der Waals surface area contributed by atoms with Gasteiger partial charge in [-0.25, -0.2) is 4.98 Å². The van der Waals surface area contributed by atoms with E-state index in [1.165, 1.54) is 24.3 Å². The average Bonchev–Trinajstić information content (AvgIpc) is 2.46. The van der Waals surface area contributed by atoms with Crippen molar-refractivity contribution in [2.75, 3.05) is 23.8 Å². The van der Waals surface area contributed by atoms with Crippen LogP contribution in [-0.2, 0) is 6.18 Å². The summed E-state index contributed by atoms with van der Waals surface area (Å²) in [6.45, 7) is -0.236. The molecule has 2 aromatic rings. The van der Waals surface area contributed by atoms with Gasteiger partial charge in [-0.3, -0.25) is 0 Å². The highest BCUT2D eigenvalue weighted by atomic mass is 19.4. The summed E-state index contributed by atoms with van der Waals surface area (Å²) in [4.78, 5) is 7.25. The van der Waals surface area contributed by atoms with Gasteiger partial charge in [0.05, 0.1) is 6.61 Å². The number of nitrogens with zero attached hydrogens (tertiary/aromatic N) is 2. The molecule has 1 aromatic carbocycles. The molecule has 0 radical (unpaired) electrons. The van der Waals surface area contributed by atoms with Crippen LogP contribution in [0.25, 0.3) is 0 Å². The molecule has 0 fully saturated rings. The summed E-state index contributed by atoms with van der Waals surface area (Å²) >= 11 is 0. The van der Waals surface area contributed by atoms with E-state index in [9.17, 15) is 18.3 Å². The number of hydrogen-bond donors (Lipinski definition) is 4. The minimum absolute atomic E-state index is 0.0277. The Labute approximate surface area is 123 Å². The zero-order chi connectivity index (χ0) is 16.2. The van der Waals surface area contributed by atoms with Crippen LogP contribution in [0.2, 0.25) is 0 Å². The van der Waals surface area contributed by atoms with E-state index in [0.29, 0.717) is 5.69 Å². The zero-order valence-corrected chi connectivity index (χ0v) is 11.2. The minimum Gasteiger partial charge on any atom is -0.508 e. The van der Waals surface area contributed by atoms with Gasteiger partial charge in [0.15, 0.2) is 5.69 Å². The molecule has 0 aliphatic rings. The molecule has 1 heterocycles. The average molecular weight is 314 g/mol. The van der Waals surface area contributed by atoms with Crippen molar-refractivity contribution in [3.63, 3.8) is 0 Å². The number of hydrogen-bond acceptors (Lipinski definition) is 6. The largest absolute Gasteiger partial charge is 0.508 e. The van der Waals surface area contributed by atoms with Crippen molar-refractivity contribution in [1.29, 1.82) is 0 Å². The highest BCUT2D eigenvalue weighted by molar-refractivity contribution is 5.58. The number of phenols is 1. The van der Waals surface area contributed by atoms with Crippen LogP contribution in [0, 0.1) is 0 Å². The molecule has 22 heavy (non-hydrogen) atoms. The van der Waals surface area contributed by atoms with Gasteiger partial charge in [-0.1, -0.05) is 0 Å². The van der Waals surface area contributed by atoms with Gasteiger partial charge in [-0.15, -0.1) is 0 Å². The molecule has 9 heteroatoms. The van der Waals surface area contributed by atoms with E-state index >= 15 is 0 Å². The maximum atomic E-state index is 12.8. The molecule has 0 bridgehead atoms. The van der Waals surface area contributed by atoms with Gasteiger partial charge in [0.25, 0.3) is 0 Å². The number of aromatic hydroxyl groups is 1. The fourth-order valence-electron chi connectivity index (χ4n) is 1.60. The van der Waals surface area contributed by atoms with Crippen molar-refractivity contribution in [1.82, 2.24) is 9.97 Å². The molecule has 0 saturated heterocycles. The van der Waals surface area contributed by atoms with Gasteiger partial charge in [0, 0.05) is 18.3 Å². The third kappa shape index (κ3) is 4.22. The number of aromatic nitrogens is 2. The molecule has 0 aliphatic carbocycles. The highest BCUT2D eigenvalue weighted by Gasteiger charge is 2.33. The quantitative estimate of drug-likeness (QED) is 0.633. The molecule has 0 aliphatic heterocycles. The smallest absolute Gasteiger partial charge is 0.433 e. The number of anilines is 3. The van der Waals surface area contributed by atoms with Crippen LogP contribution in [-0.4, -0.2) is 33.3 Å². The third-order valence-electron chi connectivity index (χ3n) is 2.55. The number of nitrogens with one attached hydrogen (secondary N) is 2. The second-order valence-corrected chi connectivity index (χ2v) is 4.28. The predicted octanol–water partition coefficient (Wildman–Crippen LogP) is 2.35. The number of aliphatic hydroxyl groups excluding tert-OH is 1. The van der Waals surface area contributed by atoms with Crippen molar-refractivity contribution >= 4 is 17.5 Å². The van der Waals surface area contributed by atoms with E-state index in [2.05, 4.69) is 20.6 Å². The Morgan fingerprint density at radius 3 is 2.36 bits per heavy atom. The molecule has 0 spiro atoms. The van der Waals surface area contributed by atoms with Crippen molar-refractivity contribution in [2.45, 2.75) is 6.18 Å². The van der Waals surface area contributed by atoms with E-state index in [0.717, 1.165) is 6.07 Å². The summed E-state index contributed by atoms with van der Waals surface area (Å²) in [5.74, 6) is -0.270. The van der Waals surface area contributed by atoms with Gasteiger partial charge in [0.1, 0.15) is 11.6 Å². The maximum absolute atomic E-state index is 12.8. The second-order valence-electron chi connectivity index (χ2n) is 4.28. The normalized spacial score (nSPS) is 11.3. The van der Waals surface area contributed by atoms with Gasteiger partial charge >= 0.3 is 6.18 Å². The van der Waals surface area contributed by atoms with Crippen molar-refractivity contribution < 1.29 is 23.4 Å². The van der Waals surface area contributed by atoms with Crippen LogP contribution < -0.4 is 10.6 Å². The van der Waals surface area contributed by atoms with E-state index in [1.54, 1.807) is 0 Å². The van der Waals surface area contributed by atoms with Crippen molar-refractivity contribution in [3.05, 3.63) is 36.0 Å². The predicted molar refractivity (Wildman–Crippen MR) is 74.0 cm³/mol. The molecule has 4 N–H and O–H groups in total. The van der Waals surface area contributed by atoms with E-state index in [-0.39, 0.29) is 30.7 Å². The van der Waals surface area contributed by atoms with Gasteiger partial charge in [-0.2, -0.15) is 18.2 Å². The molecule has 6 nitrogen and oxygen atoms in total. The minimum atomic E-state index is -4.62. The van der Waals surface area contributed by atoms with E-state index in [4.69, 9.17) is 5.11 Å². The molecule has 118 valence electrons. The van der Waals surface area contributed by atoms with Crippen LogP contribution in [0.3, 0.4) is 0 Å². The molecule has 2 rings (SSSR count). The fourth-order valence-corrected chi connectivity index (χ4v) is 1.60. The van der Waals surface area contributed by atoms with Gasteiger partial charge in [-0.05, 0) is 24.3 Å². The number of alkyl halides is 3. The van der Waals surface area contributed by atoms with Crippen LogP contribution in [0.4, 0.5) is 30.6 Å². The molecule has 0 unspecified atom stereocenters. The second kappa shape index (κ2) is 6.48. The lowest BCUT2D eigenvalue weighted by Gasteiger charge is -2.12. The zero-order valence-electron chi connectivity index (χ0n) is 11.2. The Morgan fingerprint density at radius 2 is 1.77 bits per heavy atom. The summed E-state index contributed by atoms with van der Waals surface area (Å²) in [5.41, 5.74) is -0.651. The first-order valence-corrected chi connectivity index (χ1v) is 6.25. The van der Waals surface area contributed by atoms with Crippen LogP contribution >= 0.6 is 0 Å². The Balaban J connectivity index is 2.30. The van der Waals surface area contributed by atoms with Crippen molar-refractivity contribution in [3.8, 4) is 5.75 Å². The standard InChI is InChI=1S/C13H13F3N4O2/c14-13(15,16)10-7-11(20-12(19-10)17-5-6-21)18-8-1-3-9(22)4-2-8/h1-4,7,21-22H,5-6H2,(H2,17,18,19,20). The SMILES string of the molecule is OCCNc1nc(Nc2ccc(O)cc2)cc(C(F)(F)F)n1. The van der Waals surface area contributed by atoms with Gasteiger partial charge in [0.2, 0.25) is 5.95 Å². The Hall–Kier alpha value is -2.55. The third-order valence-corrected chi connectivity index (χ3v) is 2.55.